The van der Waals surface area contributed by atoms with E-state index in [1.54, 1.807) is 0 Å². The summed E-state index contributed by atoms with van der Waals surface area (Å²) < 4.78 is 5.69. The van der Waals surface area contributed by atoms with Gasteiger partial charge in [-0.15, -0.1) is 0 Å². The van der Waals surface area contributed by atoms with Crippen LogP contribution in [0.4, 0.5) is 0 Å². The van der Waals surface area contributed by atoms with Gasteiger partial charge in [0, 0.05) is 10.8 Å². The lowest BCUT2D eigenvalue weighted by Gasteiger charge is -2.14. The van der Waals surface area contributed by atoms with E-state index in [2.05, 4.69) is 13.8 Å². The van der Waals surface area contributed by atoms with Crippen molar-refractivity contribution in [1.82, 2.24) is 0 Å². The summed E-state index contributed by atoms with van der Waals surface area (Å²) in [5, 5.41) is 0. The van der Waals surface area contributed by atoms with E-state index in [1.165, 1.54) is 12.8 Å². The van der Waals surface area contributed by atoms with Crippen LogP contribution in [0.3, 0.4) is 0 Å². The average Bonchev–Trinajstić information content (AvgIpc) is 2.53. The molecule has 2 aliphatic carbocycles. The van der Waals surface area contributed by atoms with E-state index in [0.29, 0.717) is 23.0 Å². The summed E-state index contributed by atoms with van der Waals surface area (Å²) in [6, 6.07) is 0. The van der Waals surface area contributed by atoms with E-state index in [4.69, 9.17) is 4.74 Å². The highest BCUT2D eigenvalue weighted by Crippen LogP contribution is 2.85. The van der Waals surface area contributed by atoms with Crippen LogP contribution in [0.15, 0.2) is 0 Å². The number of hydrogen-bond acceptors (Lipinski definition) is 1. The highest BCUT2D eigenvalue weighted by Gasteiger charge is 2.84. The molecule has 4 unspecified atom stereocenters. The zero-order valence-electron chi connectivity index (χ0n) is 5.98. The van der Waals surface area contributed by atoms with Gasteiger partial charge in [0.15, 0.2) is 0 Å². The number of ether oxygens (including phenoxy) is 1. The molecule has 1 heterocycles. The van der Waals surface area contributed by atoms with Crippen LogP contribution in [0.2, 0.25) is 0 Å². The second-order valence-electron chi connectivity index (χ2n) is 4.22. The molecule has 0 aromatic heterocycles. The summed E-state index contributed by atoms with van der Waals surface area (Å²) in [4.78, 5) is 0. The fraction of sp³-hybridized carbons (Fsp3) is 1.00. The minimum absolute atomic E-state index is 0.552. The topological polar surface area (TPSA) is 9.23 Å². The molecule has 0 aromatic carbocycles. The van der Waals surface area contributed by atoms with Crippen molar-refractivity contribution in [2.75, 3.05) is 0 Å². The molecule has 0 aromatic rings. The van der Waals surface area contributed by atoms with Crippen molar-refractivity contribution >= 4 is 0 Å². The van der Waals surface area contributed by atoms with Crippen LogP contribution in [-0.2, 0) is 4.74 Å². The fourth-order valence-corrected chi connectivity index (χ4v) is 2.79. The van der Waals surface area contributed by atoms with Crippen molar-refractivity contribution in [3.05, 3.63) is 0 Å². The number of rotatable bonds is 0. The van der Waals surface area contributed by atoms with E-state index in [1.807, 2.05) is 0 Å². The number of hydrogen-bond donors (Lipinski definition) is 0. The van der Waals surface area contributed by atoms with Crippen LogP contribution in [-0.4, -0.2) is 12.2 Å². The van der Waals surface area contributed by atoms with Crippen molar-refractivity contribution in [3.8, 4) is 0 Å². The van der Waals surface area contributed by atoms with Gasteiger partial charge in [0.05, 0.1) is 12.2 Å². The largest absolute Gasteiger partial charge is 0.374 e. The molecular weight excluding hydrogens is 112 g/mol. The Labute approximate surface area is 55.4 Å². The third kappa shape index (κ3) is 0.277. The lowest BCUT2D eigenvalue weighted by molar-refractivity contribution is 0.0416. The summed E-state index contributed by atoms with van der Waals surface area (Å²) >= 11 is 0. The minimum Gasteiger partial charge on any atom is -0.374 e. The zero-order valence-corrected chi connectivity index (χ0v) is 5.98. The average molecular weight is 124 g/mol. The molecule has 3 fully saturated rings. The van der Waals surface area contributed by atoms with Gasteiger partial charge in [-0.25, -0.2) is 0 Å². The molecule has 1 spiro atoms. The Morgan fingerprint density at radius 2 is 2.33 bits per heavy atom. The van der Waals surface area contributed by atoms with Crippen LogP contribution in [0, 0.1) is 10.8 Å². The smallest absolute Gasteiger partial charge is 0.0649 e. The quantitative estimate of drug-likeness (QED) is 0.476. The Morgan fingerprint density at radius 3 is 2.56 bits per heavy atom. The molecule has 1 nitrogen and oxygen atoms in total. The molecule has 0 amide bonds. The Bertz CT molecular complexity index is 189. The van der Waals surface area contributed by atoms with Gasteiger partial charge >= 0.3 is 0 Å². The molecule has 1 aliphatic heterocycles. The normalized spacial score (nSPS) is 75.3. The highest BCUT2D eigenvalue weighted by molar-refractivity contribution is 5.32. The van der Waals surface area contributed by atoms with Gasteiger partial charge in [-0.3, -0.25) is 0 Å². The molecule has 3 rings (SSSR count). The first-order valence-electron chi connectivity index (χ1n) is 3.85. The van der Waals surface area contributed by atoms with Gasteiger partial charge in [0.2, 0.25) is 0 Å². The molecule has 1 heteroatoms. The van der Waals surface area contributed by atoms with Crippen LogP contribution in [0.5, 0.6) is 0 Å². The predicted octanol–water partition coefficient (Wildman–Crippen LogP) is 1.57. The van der Waals surface area contributed by atoms with E-state index < -0.39 is 0 Å². The summed E-state index contributed by atoms with van der Waals surface area (Å²) in [7, 11) is 0. The molecule has 4 atom stereocenters. The maximum Gasteiger partial charge on any atom is 0.0649 e. The molecule has 1 saturated heterocycles. The second-order valence-corrected chi connectivity index (χ2v) is 4.22. The Hall–Kier alpha value is -0.0400. The standard InChI is InChI=1S/C8H12O/c1-5-7(2)4-8(7)3-6(8)9-5/h5-6H,3-4H2,1-2H3. The Kier molecular flexibility index (Phi) is 0.461. The molecule has 3 aliphatic rings. The first-order chi connectivity index (χ1) is 4.19. The monoisotopic (exact) mass is 124 g/mol. The van der Waals surface area contributed by atoms with Crippen molar-refractivity contribution in [3.63, 3.8) is 0 Å². The second kappa shape index (κ2) is 0.878. The maximum absolute atomic E-state index is 5.69. The van der Waals surface area contributed by atoms with Crippen molar-refractivity contribution in [2.45, 2.75) is 38.9 Å². The van der Waals surface area contributed by atoms with E-state index >= 15 is 0 Å². The molecule has 0 radical (unpaired) electrons. The van der Waals surface area contributed by atoms with Crippen LogP contribution in [0.25, 0.3) is 0 Å². The van der Waals surface area contributed by atoms with Crippen LogP contribution in [0.1, 0.15) is 26.7 Å². The Morgan fingerprint density at radius 1 is 1.56 bits per heavy atom. The molecule has 0 bridgehead atoms. The van der Waals surface area contributed by atoms with Crippen LogP contribution >= 0.6 is 0 Å². The molecule has 2 saturated carbocycles. The Balaban J connectivity index is 2.07. The first kappa shape index (κ1) is 4.73. The lowest BCUT2D eigenvalue weighted by Crippen LogP contribution is -2.16. The van der Waals surface area contributed by atoms with Crippen molar-refractivity contribution in [2.24, 2.45) is 10.8 Å². The van der Waals surface area contributed by atoms with Gasteiger partial charge in [-0.2, -0.15) is 0 Å². The summed E-state index contributed by atoms with van der Waals surface area (Å²) in [5.41, 5.74) is 1.32. The van der Waals surface area contributed by atoms with Gasteiger partial charge in [0.25, 0.3) is 0 Å². The van der Waals surface area contributed by atoms with Crippen LogP contribution < -0.4 is 0 Å². The van der Waals surface area contributed by atoms with E-state index in [9.17, 15) is 0 Å². The fourth-order valence-electron chi connectivity index (χ4n) is 2.79. The minimum atomic E-state index is 0.552. The molecule has 0 N–H and O–H groups in total. The van der Waals surface area contributed by atoms with Gasteiger partial charge in [-0.05, 0) is 19.8 Å². The third-order valence-corrected chi connectivity index (χ3v) is 3.97. The molecule has 50 valence electrons. The first-order valence-corrected chi connectivity index (χ1v) is 3.85. The van der Waals surface area contributed by atoms with Gasteiger partial charge in [-0.1, -0.05) is 6.92 Å². The molecular formula is C8H12O. The van der Waals surface area contributed by atoms with Crippen molar-refractivity contribution in [1.29, 1.82) is 0 Å². The summed E-state index contributed by atoms with van der Waals surface area (Å²) in [6.07, 6.45) is 4.05. The SMILES string of the molecule is CC1OC2CC23CC13C. The predicted molar refractivity (Wildman–Crippen MR) is 34.1 cm³/mol. The molecule has 9 heavy (non-hydrogen) atoms. The zero-order chi connectivity index (χ0) is 6.28. The maximum atomic E-state index is 5.69. The van der Waals surface area contributed by atoms with E-state index in [-0.39, 0.29) is 0 Å². The van der Waals surface area contributed by atoms with E-state index in [0.717, 1.165) is 0 Å². The van der Waals surface area contributed by atoms with Crippen molar-refractivity contribution < 1.29 is 4.74 Å². The van der Waals surface area contributed by atoms with Gasteiger partial charge < -0.3 is 4.74 Å². The summed E-state index contributed by atoms with van der Waals surface area (Å²) in [5.74, 6) is 0. The summed E-state index contributed by atoms with van der Waals surface area (Å²) in [6.45, 7) is 4.60. The van der Waals surface area contributed by atoms with Gasteiger partial charge in [0.1, 0.15) is 0 Å². The highest BCUT2D eigenvalue weighted by atomic mass is 16.5. The third-order valence-electron chi connectivity index (χ3n) is 3.97. The lowest BCUT2D eigenvalue weighted by atomic mass is 10.0.